The molecule has 1 fully saturated rings. The second-order valence-corrected chi connectivity index (χ2v) is 6.20. The van der Waals surface area contributed by atoms with E-state index in [0.29, 0.717) is 13.2 Å². The third-order valence-corrected chi connectivity index (χ3v) is 4.40. The predicted octanol–water partition coefficient (Wildman–Crippen LogP) is 4.52. The Labute approximate surface area is 153 Å². The summed E-state index contributed by atoms with van der Waals surface area (Å²) in [7, 11) is 0. The van der Waals surface area contributed by atoms with Crippen LogP contribution in [-0.2, 0) is 16.0 Å². The van der Waals surface area contributed by atoms with Crippen LogP contribution < -0.4 is 10.9 Å². The third-order valence-electron chi connectivity index (χ3n) is 4.40. The fraction of sp³-hybridized carbons (Fsp3) is 0.182. The van der Waals surface area contributed by atoms with Gasteiger partial charge in [-0.05, 0) is 28.8 Å². The van der Waals surface area contributed by atoms with Crippen molar-refractivity contribution in [3.63, 3.8) is 0 Å². The van der Waals surface area contributed by atoms with Crippen molar-refractivity contribution in [1.29, 1.82) is 0 Å². The van der Waals surface area contributed by atoms with Gasteiger partial charge in [-0.3, -0.25) is 0 Å². The Morgan fingerprint density at radius 3 is 2.23 bits per heavy atom. The quantitative estimate of drug-likeness (QED) is 0.644. The minimum atomic E-state index is -0.261. The maximum atomic E-state index is 5.68. The molecule has 0 radical (unpaired) electrons. The monoisotopic (exact) mass is 346 g/mol. The van der Waals surface area contributed by atoms with Gasteiger partial charge in [0.1, 0.15) is 0 Å². The molecular formula is C22H22N2O2. The highest BCUT2D eigenvalue weighted by molar-refractivity contribution is 5.68. The van der Waals surface area contributed by atoms with E-state index in [9.17, 15) is 0 Å². The lowest BCUT2D eigenvalue weighted by Gasteiger charge is -2.15. The lowest BCUT2D eigenvalue weighted by atomic mass is 9.98. The number of hydrogen-bond donors (Lipinski definition) is 2. The van der Waals surface area contributed by atoms with E-state index >= 15 is 0 Å². The summed E-state index contributed by atoms with van der Waals surface area (Å²) >= 11 is 0. The van der Waals surface area contributed by atoms with Crippen LogP contribution in [0.15, 0.2) is 78.9 Å². The first kappa shape index (κ1) is 16.8. The molecule has 26 heavy (non-hydrogen) atoms. The molecule has 2 N–H and O–H groups in total. The van der Waals surface area contributed by atoms with Gasteiger partial charge in [0.25, 0.3) is 0 Å². The molecule has 1 saturated heterocycles. The molecule has 3 aromatic rings. The zero-order chi connectivity index (χ0) is 17.6. The molecule has 3 aromatic carbocycles. The number of rotatable bonds is 6. The summed E-state index contributed by atoms with van der Waals surface area (Å²) in [5.41, 5.74) is 12.1. The van der Waals surface area contributed by atoms with E-state index in [0.717, 1.165) is 23.4 Å². The van der Waals surface area contributed by atoms with Crippen molar-refractivity contribution in [3.05, 3.63) is 90.0 Å². The van der Waals surface area contributed by atoms with Gasteiger partial charge in [0.05, 0.1) is 13.2 Å². The first-order valence-corrected chi connectivity index (χ1v) is 8.85. The summed E-state index contributed by atoms with van der Waals surface area (Å²) in [5.74, 6) is 0. The van der Waals surface area contributed by atoms with E-state index in [1.54, 1.807) is 0 Å². The smallest absolute Gasteiger partial charge is 0.184 e. The summed E-state index contributed by atoms with van der Waals surface area (Å²) in [5, 5.41) is 0. The van der Waals surface area contributed by atoms with E-state index in [-0.39, 0.29) is 6.29 Å². The zero-order valence-electron chi connectivity index (χ0n) is 14.5. The normalized spacial score (nSPS) is 14.5. The molecule has 1 aliphatic heterocycles. The standard InChI is InChI=1S/C22H22N2O2/c1-2-6-19(7-3-1)24-23-16-17-10-12-18(13-11-17)20-8-4-5-9-21(20)22-25-14-15-26-22/h1-13,22-24H,14-16H2. The van der Waals surface area contributed by atoms with Gasteiger partial charge in [0.2, 0.25) is 0 Å². The lowest BCUT2D eigenvalue weighted by molar-refractivity contribution is -0.0436. The van der Waals surface area contributed by atoms with Crippen LogP contribution in [0.2, 0.25) is 0 Å². The molecule has 132 valence electrons. The van der Waals surface area contributed by atoms with Crippen molar-refractivity contribution in [2.75, 3.05) is 18.6 Å². The Morgan fingerprint density at radius 2 is 1.46 bits per heavy atom. The average Bonchev–Trinajstić information content (AvgIpc) is 3.24. The van der Waals surface area contributed by atoms with Crippen LogP contribution in [0.1, 0.15) is 17.4 Å². The SMILES string of the molecule is c1ccc(NNCc2ccc(-c3ccccc3C3OCCO3)cc2)cc1. The van der Waals surface area contributed by atoms with Crippen LogP contribution in [0.25, 0.3) is 11.1 Å². The van der Waals surface area contributed by atoms with E-state index in [1.165, 1.54) is 11.1 Å². The van der Waals surface area contributed by atoms with E-state index in [4.69, 9.17) is 9.47 Å². The van der Waals surface area contributed by atoms with Gasteiger partial charge in [-0.15, -0.1) is 0 Å². The van der Waals surface area contributed by atoms with Crippen LogP contribution in [0.5, 0.6) is 0 Å². The second-order valence-electron chi connectivity index (χ2n) is 6.20. The third kappa shape index (κ3) is 3.94. The second kappa shape index (κ2) is 8.15. The van der Waals surface area contributed by atoms with Crippen molar-refractivity contribution in [3.8, 4) is 11.1 Å². The summed E-state index contributed by atoms with van der Waals surface area (Å²) in [6, 6.07) is 26.9. The number of anilines is 1. The summed E-state index contributed by atoms with van der Waals surface area (Å²) in [6.45, 7) is 2.04. The van der Waals surface area contributed by atoms with Gasteiger partial charge in [-0.2, -0.15) is 0 Å². The Bertz CT molecular complexity index is 828. The molecule has 0 saturated carbocycles. The Hall–Kier alpha value is -2.66. The van der Waals surface area contributed by atoms with Crippen molar-refractivity contribution in [1.82, 2.24) is 5.43 Å². The van der Waals surface area contributed by atoms with Crippen molar-refractivity contribution in [2.24, 2.45) is 0 Å². The van der Waals surface area contributed by atoms with Gasteiger partial charge >= 0.3 is 0 Å². The van der Waals surface area contributed by atoms with Gasteiger partial charge in [0.15, 0.2) is 6.29 Å². The van der Waals surface area contributed by atoms with Crippen molar-refractivity contribution in [2.45, 2.75) is 12.8 Å². The first-order chi connectivity index (χ1) is 12.9. The number of nitrogens with one attached hydrogen (secondary N) is 2. The highest BCUT2D eigenvalue weighted by Gasteiger charge is 2.21. The van der Waals surface area contributed by atoms with Crippen molar-refractivity contribution >= 4 is 5.69 Å². The molecule has 0 amide bonds. The van der Waals surface area contributed by atoms with E-state index in [1.807, 2.05) is 42.5 Å². The number of hydrazine groups is 1. The molecule has 0 spiro atoms. The molecule has 0 aromatic heterocycles. The van der Waals surface area contributed by atoms with Gasteiger partial charge < -0.3 is 14.9 Å². The molecule has 0 bridgehead atoms. The van der Waals surface area contributed by atoms with Crippen LogP contribution >= 0.6 is 0 Å². The van der Waals surface area contributed by atoms with Gasteiger partial charge in [-0.1, -0.05) is 66.7 Å². The molecule has 0 atom stereocenters. The maximum Gasteiger partial charge on any atom is 0.184 e. The number of para-hydroxylation sites is 1. The average molecular weight is 346 g/mol. The first-order valence-electron chi connectivity index (χ1n) is 8.85. The Balaban J connectivity index is 1.43. The zero-order valence-corrected chi connectivity index (χ0v) is 14.5. The number of ether oxygens (including phenoxy) is 2. The number of benzene rings is 3. The van der Waals surface area contributed by atoms with Crippen LogP contribution in [-0.4, -0.2) is 13.2 Å². The van der Waals surface area contributed by atoms with E-state index in [2.05, 4.69) is 47.2 Å². The molecule has 4 heteroatoms. The predicted molar refractivity (Wildman–Crippen MR) is 103 cm³/mol. The summed E-state index contributed by atoms with van der Waals surface area (Å²) in [4.78, 5) is 0. The highest BCUT2D eigenvalue weighted by Crippen LogP contribution is 2.32. The molecule has 1 aliphatic rings. The Morgan fingerprint density at radius 1 is 0.769 bits per heavy atom. The van der Waals surface area contributed by atoms with Gasteiger partial charge in [0, 0.05) is 17.8 Å². The fourth-order valence-electron chi connectivity index (χ4n) is 3.08. The van der Waals surface area contributed by atoms with Crippen LogP contribution in [0.4, 0.5) is 5.69 Å². The molecule has 1 heterocycles. The largest absolute Gasteiger partial charge is 0.346 e. The molecule has 0 aliphatic carbocycles. The molecule has 0 unspecified atom stereocenters. The Kier molecular flexibility index (Phi) is 5.26. The minimum absolute atomic E-state index is 0.261. The van der Waals surface area contributed by atoms with E-state index < -0.39 is 0 Å². The van der Waals surface area contributed by atoms with Crippen LogP contribution in [0.3, 0.4) is 0 Å². The maximum absolute atomic E-state index is 5.68. The fourth-order valence-corrected chi connectivity index (χ4v) is 3.08. The minimum Gasteiger partial charge on any atom is -0.346 e. The lowest BCUT2D eigenvalue weighted by Crippen LogP contribution is -2.20. The molecule has 4 nitrogen and oxygen atoms in total. The summed E-state index contributed by atoms with van der Waals surface area (Å²) < 4.78 is 11.4. The molecular weight excluding hydrogens is 324 g/mol. The van der Waals surface area contributed by atoms with Crippen LogP contribution in [0, 0.1) is 0 Å². The van der Waals surface area contributed by atoms with Crippen molar-refractivity contribution < 1.29 is 9.47 Å². The van der Waals surface area contributed by atoms with Gasteiger partial charge in [-0.25, -0.2) is 5.43 Å². The topological polar surface area (TPSA) is 42.5 Å². The number of hydrogen-bond acceptors (Lipinski definition) is 4. The highest BCUT2D eigenvalue weighted by atomic mass is 16.7. The summed E-state index contributed by atoms with van der Waals surface area (Å²) in [6.07, 6.45) is -0.261. The molecule has 4 rings (SSSR count).